The van der Waals surface area contributed by atoms with Gasteiger partial charge >= 0.3 is 11.9 Å². The highest BCUT2D eigenvalue weighted by Crippen LogP contribution is 2.06. The molecule has 0 aromatic heterocycles. The lowest BCUT2D eigenvalue weighted by Crippen LogP contribution is -2.57. The molecular weight excluding hydrogens is 506 g/mol. The van der Waals surface area contributed by atoms with E-state index in [-0.39, 0.29) is 44.6 Å². The van der Waals surface area contributed by atoms with E-state index in [9.17, 15) is 33.9 Å². The zero-order chi connectivity index (χ0) is 29.3. The van der Waals surface area contributed by atoms with Crippen molar-refractivity contribution in [3.8, 4) is 0 Å². The summed E-state index contributed by atoms with van der Waals surface area (Å²) >= 11 is 0. The number of nitrogens with one attached hydrogen (secondary N) is 3. The Balaban J connectivity index is 5.69. The van der Waals surface area contributed by atoms with E-state index in [1.165, 1.54) is 0 Å². The van der Waals surface area contributed by atoms with Crippen molar-refractivity contribution in [2.45, 2.75) is 75.5 Å². The van der Waals surface area contributed by atoms with Crippen LogP contribution in [0.4, 0.5) is 0 Å². The molecule has 216 valence electrons. The summed E-state index contributed by atoms with van der Waals surface area (Å²) in [5.74, 6) is -6.28. The van der Waals surface area contributed by atoms with Gasteiger partial charge in [-0.2, -0.15) is 0 Å². The number of aliphatic imine (C=N–C) groups is 1. The van der Waals surface area contributed by atoms with Gasteiger partial charge in [0.2, 0.25) is 23.6 Å². The molecule has 0 saturated carbocycles. The van der Waals surface area contributed by atoms with Crippen molar-refractivity contribution in [1.82, 2.24) is 16.0 Å². The maximum absolute atomic E-state index is 13.0. The van der Waals surface area contributed by atoms with Gasteiger partial charge in [-0.1, -0.05) is 0 Å². The number of rotatable bonds is 20. The monoisotopic (exact) mass is 545 g/mol. The quantitative estimate of drug-likeness (QED) is 0.0395. The second-order valence-electron chi connectivity index (χ2n) is 8.46. The lowest BCUT2D eigenvalue weighted by molar-refractivity contribution is -0.142. The molecule has 0 aliphatic carbocycles. The van der Waals surface area contributed by atoms with Gasteiger partial charge in [0.15, 0.2) is 5.96 Å². The number of carbonyl (C=O) groups is 6. The van der Waals surface area contributed by atoms with Crippen molar-refractivity contribution in [2.24, 2.45) is 33.7 Å². The molecule has 0 aliphatic heterocycles. The highest BCUT2D eigenvalue weighted by Gasteiger charge is 2.30. The normalized spacial score (nSPS) is 13.7. The average Bonchev–Trinajstić information content (AvgIpc) is 2.81. The van der Waals surface area contributed by atoms with Crippen LogP contribution in [-0.4, -0.2) is 89.0 Å². The Morgan fingerprint density at radius 2 is 1.26 bits per heavy atom. The first-order valence-corrected chi connectivity index (χ1v) is 11.9. The number of hydrogen-bond acceptors (Lipinski definition) is 9. The zero-order valence-electron chi connectivity index (χ0n) is 21.1. The third-order valence-corrected chi connectivity index (χ3v) is 5.18. The van der Waals surface area contributed by atoms with Gasteiger partial charge in [0.05, 0.1) is 12.5 Å². The molecule has 0 aliphatic rings. The summed E-state index contributed by atoms with van der Waals surface area (Å²) in [5.41, 5.74) is 26.7. The third-order valence-electron chi connectivity index (χ3n) is 5.18. The first-order valence-electron chi connectivity index (χ1n) is 11.9. The van der Waals surface area contributed by atoms with Crippen molar-refractivity contribution in [2.75, 3.05) is 13.1 Å². The fraction of sp³-hybridized carbons (Fsp3) is 0.667. The van der Waals surface area contributed by atoms with Crippen LogP contribution in [0.1, 0.15) is 51.4 Å². The highest BCUT2D eigenvalue weighted by molar-refractivity contribution is 5.95. The standard InChI is InChI=1S/C21H39N9O8/c22-8-2-1-4-14(20(37)38)30-18(35)12(5-3-9-27-21(25)26)29-19(36)13(6-7-15(24)31)28-17(34)11(23)10-16(32)33/h11-14H,1-10,22-23H2,(H2,24,31)(H,28,34)(H,29,36)(H,30,35)(H,32,33)(H,37,38)(H4,25,26,27). The van der Waals surface area contributed by atoms with Gasteiger partial charge < -0.3 is 54.8 Å². The number of carboxylic acid groups (broad SMARTS) is 2. The second kappa shape index (κ2) is 18.3. The van der Waals surface area contributed by atoms with Gasteiger partial charge in [-0.05, 0) is 45.1 Å². The number of primary amides is 1. The zero-order valence-corrected chi connectivity index (χ0v) is 21.1. The van der Waals surface area contributed by atoms with Crippen LogP contribution in [-0.2, 0) is 28.8 Å². The number of nitrogens with zero attached hydrogens (tertiary/aromatic N) is 1. The highest BCUT2D eigenvalue weighted by atomic mass is 16.4. The number of carboxylic acids is 2. The largest absolute Gasteiger partial charge is 0.481 e. The van der Waals surface area contributed by atoms with Gasteiger partial charge in [0.25, 0.3) is 0 Å². The Kier molecular flexibility index (Phi) is 16.4. The van der Waals surface area contributed by atoms with Crippen LogP contribution in [0.2, 0.25) is 0 Å². The second-order valence-corrected chi connectivity index (χ2v) is 8.46. The lowest BCUT2D eigenvalue weighted by Gasteiger charge is -2.25. The molecule has 4 unspecified atom stereocenters. The lowest BCUT2D eigenvalue weighted by atomic mass is 10.0. The fourth-order valence-electron chi connectivity index (χ4n) is 3.18. The van der Waals surface area contributed by atoms with Gasteiger partial charge in [0, 0.05) is 13.0 Å². The van der Waals surface area contributed by atoms with E-state index in [0.29, 0.717) is 19.4 Å². The number of nitrogens with two attached hydrogens (primary N) is 5. The van der Waals surface area contributed by atoms with Crippen molar-refractivity contribution < 1.29 is 39.0 Å². The maximum atomic E-state index is 13.0. The summed E-state index contributed by atoms with van der Waals surface area (Å²) < 4.78 is 0. The molecular formula is C21H39N9O8. The van der Waals surface area contributed by atoms with E-state index >= 15 is 0 Å². The minimum absolute atomic E-state index is 0.0154. The number of carbonyl (C=O) groups excluding carboxylic acids is 4. The minimum atomic E-state index is -1.49. The van der Waals surface area contributed by atoms with E-state index in [2.05, 4.69) is 20.9 Å². The Bertz CT molecular complexity index is 864. The molecule has 4 amide bonds. The summed E-state index contributed by atoms with van der Waals surface area (Å²) in [5, 5.41) is 25.3. The molecule has 17 nitrogen and oxygen atoms in total. The van der Waals surface area contributed by atoms with Crippen molar-refractivity contribution in [3.63, 3.8) is 0 Å². The maximum Gasteiger partial charge on any atom is 0.326 e. The van der Waals surface area contributed by atoms with Crippen LogP contribution in [0, 0.1) is 0 Å². The first kappa shape index (κ1) is 34.0. The molecule has 15 N–H and O–H groups in total. The third kappa shape index (κ3) is 15.2. The number of amides is 4. The SMILES string of the molecule is NCCCCC(NC(=O)C(CCCN=C(N)N)NC(=O)C(CCC(N)=O)NC(=O)C(N)CC(=O)O)C(=O)O. The minimum Gasteiger partial charge on any atom is -0.481 e. The van der Waals surface area contributed by atoms with Gasteiger partial charge in [-0.3, -0.25) is 29.0 Å². The summed E-state index contributed by atoms with van der Waals surface area (Å²) in [7, 11) is 0. The molecule has 38 heavy (non-hydrogen) atoms. The average molecular weight is 546 g/mol. The number of hydrogen-bond donors (Lipinski definition) is 10. The predicted octanol–water partition coefficient (Wildman–Crippen LogP) is -4.22. The van der Waals surface area contributed by atoms with E-state index in [1.54, 1.807) is 0 Å². The molecule has 0 heterocycles. The molecule has 0 fully saturated rings. The van der Waals surface area contributed by atoms with Crippen LogP contribution < -0.4 is 44.6 Å². The van der Waals surface area contributed by atoms with Crippen LogP contribution in [0.3, 0.4) is 0 Å². The Morgan fingerprint density at radius 1 is 0.737 bits per heavy atom. The molecule has 0 radical (unpaired) electrons. The number of aliphatic carboxylic acids is 2. The van der Waals surface area contributed by atoms with Gasteiger partial charge in [-0.25, -0.2) is 4.79 Å². The number of unbranched alkanes of at least 4 members (excludes halogenated alkanes) is 1. The summed E-state index contributed by atoms with van der Waals surface area (Å²) in [4.78, 5) is 75.7. The topological polar surface area (TPSA) is 321 Å². The van der Waals surface area contributed by atoms with Gasteiger partial charge in [-0.15, -0.1) is 0 Å². The Hall–Kier alpha value is -3.99. The smallest absolute Gasteiger partial charge is 0.326 e. The predicted molar refractivity (Wildman–Crippen MR) is 135 cm³/mol. The molecule has 0 rings (SSSR count). The van der Waals surface area contributed by atoms with E-state index in [1.807, 2.05) is 0 Å². The van der Waals surface area contributed by atoms with Gasteiger partial charge in [0.1, 0.15) is 18.1 Å². The van der Waals surface area contributed by atoms with Crippen molar-refractivity contribution >= 4 is 41.5 Å². The van der Waals surface area contributed by atoms with Crippen molar-refractivity contribution in [1.29, 1.82) is 0 Å². The molecule has 0 bridgehead atoms. The van der Waals surface area contributed by atoms with Crippen molar-refractivity contribution in [3.05, 3.63) is 0 Å². The Labute approximate surface area is 219 Å². The molecule has 4 atom stereocenters. The van der Waals surface area contributed by atoms with E-state index < -0.39 is 66.2 Å². The first-order chi connectivity index (χ1) is 17.8. The summed E-state index contributed by atoms with van der Waals surface area (Å²) in [6, 6.07) is -5.40. The van der Waals surface area contributed by atoms with Crippen LogP contribution >= 0.6 is 0 Å². The van der Waals surface area contributed by atoms with Crippen LogP contribution in [0.25, 0.3) is 0 Å². The number of guanidine groups is 1. The van der Waals surface area contributed by atoms with E-state index in [4.69, 9.17) is 33.8 Å². The molecule has 0 saturated heterocycles. The fourth-order valence-corrected chi connectivity index (χ4v) is 3.18. The van der Waals surface area contributed by atoms with Crippen LogP contribution in [0.5, 0.6) is 0 Å². The molecule has 0 aromatic rings. The molecule has 0 spiro atoms. The Morgan fingerprint density at radius 3 is 1.76 bits per heavy atom. The summed E-state index contributed by atoms with van der Waals surface area (Å²) in [6.07, 6.45) is -0.0294. The van der Waals surface area contributed by atoms with Crippen LogP contribution in [0.15, 0.2) is 4.99 Å². The van der Waals surface area contributed by atoms with E-state index in [0.717, 1.165) is 0 Å². The molecule has 17 heteroatoms. The molecule has 0 aromatic carbocycles. The summed E-state index contributed by atoms with van der Waals surface area (Å²) in [6.45, 7) is 0.449.